The number of hydrogen-bond acceptors (Lipinski definition) is 6. The van der Waals surface area contributed by atoms with E-state index >= 15 is 0 Å². The molecule has 7 nitrogen and oxygen atoms in total. The van der Waals surface area contributed by atoms with Crippen LogP contribution in [-0.4, -0.2) is 43.8 Å². The van der Waals surface area contributed by atoms with E-state index in [4.69, 9.17) is 19.6 Å². The smallest absolute Gasteiger partial charge is 0.404 e. The van der Waals surface area contributed by atoms with Gasteiger partial charge in [-0.3, -0.25) is 0 Å². The van der Waals surface area contributed by atoms with Crippen LogP contribution in [0.4, 0.5) is 4.79 Å². The molecule has 0 unspecified atom stereocenters. The van der Waals surface area contributed by atoms with Gasteiger partial charge >= 0.3 is 11.7 Å². The predicted molar refractivity (Wildman–Crippen MR) is 105 cm³/mol. The van der Waals surface area contributed by atoms with Crippen LogP contribution in [-0.2, 0) is 4.74 Å². The number of amides is 1. The Morgan fingerprint density at radius 2 is 2.07 bits per heavy atom. The van der Waals surface area contributed by atoms with Gasteiger partial charge in [0.1, 0.15) is 11.3 Å². The number of carbonyl (C=O) groups excluding carboxylic acids is 1. The minimum atomic E-state index is -0.704. The molecule has 0 bridgehead atoms. The normalized spacial score (nSPS) is 15.7. The number of rotatable bonds is 7. The Morgan fingerprint density at radius 3 is 2.81 bits per heavy atom. The van der Waals surface area contributed by atoms with E-state index in [2.05, 4.69) is 20.8 Å². The van der Waals surface area contributed by atoms with Crippen LogP contribution in [0.3, 0.4) is 0 Å². The lowest BCUT2D eigenvalue weighted by atomic mass is 9.98. The second-order valence-electron chi connectivity index (χ2n) is 6.69. The van der Waals surface area contributed by atoms with Crippen LogP contribution in [0.5, 0.6) is 5.75 Å². The third kappa shape index (κ3) is 5.71. The number of fused-ring (bicyclic) bond motifs is 1. The molecule has 1 fully saturated rings. The van der Waals surface area contributed by atoms with Crippen molar-refractivity contribution in [1.29, 1.82) is 0 Å². The van der Waals surface area contributed by atoms with Crippen molar-refractivity contribution < 1.29 is 18.7 Å². The molecular weight excluding hydrogens is 416 g/mol. The summed E-state index contributed by atoms with van der Waals surface area (Å²) in [5, 5.41) is 0.785. The van der Waals surface area contributed by atoms with Crippen LogP contribution < -0.4 is 16.1 Å². The molecule has 0 aliphatic carbocycles. The van der Waals surface area contributed by atoms with E-state index in [-0.39, 0.29) is 0 Å². The van der Waals surface area contributed by atoms with E-state index in [0.717, 1.165) is 48.8 Å². The number of primary amides is 1. The van der Waals surface area contributed by atoms with Gasteiger partial charge in [0.25, 0.3) is 0 Å². The fourth-order valence-electron chi connectivity index (χ4n) is 3.27. The lowest BCUT2D eigenvalue weighted by Gasteiger charge is -2.31. The molecule has 2 aromatic rings. The zero-order valence-electron chi connectivity index (χ0n) is 15.0. The van der Waals surface area contributed by atoms with Gasteiger partial charge in [0, 0.05) is 11.0 Å². The van der Waals surface area contributed by atoms with E-state index in [1.165, 1.54) is 6.07 Å². The monoisotopic (exact) mass is 438 g/mol. The van der Waals surface area contributed by atoms with Crippen molar-refractivity contribution >= 4 is 33.0 Å². The average Bonchev–Trinajstić information content (AvgIpc) is 2.63. The van der Waals surface area contributed by atoms with Crippen LogP contribution in [0.25, 0.3) is 11.0 Å². The fraction of sp³-hybridized carbons (Fsp3) is 0.474. The summed E-state index contributed by atoms with van der Waals surface area (Å²) in [6, 6.07) is 6.91. The molecule has 0 atom stereocenters. The molecule has 1 aliphatic heterocycles. The molecule has 2 N–H and O–H groups in total. The van der Waals surface area contributed by atoms with Gasteiger partial charge in [0.2, 0.25) is 0 Å². The third-order valence-corrected chi connectivity index (χ3v) is 5.21. The predicted octanol–water partition coefficient (Wildman–Crippen LogP) is 3.13. The Kier molecular flexibility index (Phi) is 6.73. The van der Waals surface area contributed by atoms with Crippen molar-refractivity contribution in [2.45, 2.75) is 19.3 Å². The Labute approximate surface area is 165 Å². The molecule has 1 saturated heterocycles. The van der Waals surface area contributed by atoms with E-state index in [1.807, 2.05) is 12.1 Å². The standard InChI is InChI=1S/C19H23BrN2O5/c20-14-2-3-15-16(11-18(23)27-17(15)10-14)25-9-1-6-22-7-4-13(5-8-22)12-26-19(21)24/h2-3,10-11,13H,1,4-9,12H2,(H2,21,24). The van der Waals surface area contributed by atoms with Gasteiger partial charge in [-0.15, -0.1) is 0 Å². The molecule has 0 spiro atoms. The molecule has 1 amide bonds. The lowest BCUT2D eigenvalue weighted by molar-refractivity contribution is 0.100. The van der Waals surface area contributed by atoms with Gasteiger partial charge in [0.05, 0.1) is 24.7 Å². The van der Waals surface area contributed by atoms with Crippen molar-refractivity contribution in [1.82, 2.24) is 4.90 Å². The second-order valence-corrected chi connectivity index (χ2v) is 7.60. The van der Waals surface area contributed by atoms with Crippen molar-refractivity contribution in [2.24, 2.45) is 11.7 Å². The van der Waals surface area contributed by atoms with Crippen molar-refractivity contribution in [3.63, 3.8) is 0 Å². The Morgan fingerprint density at radius 1 is 1.30 bits per heavy atom. The molecule has 3 rings (SSSR count). The summed E-state index contributed by atoms with van der Waals surface area (Å²) in [6.45, 7) is 3.80. The fourth-order valence-corrected chi connectivity index (χ4v) is 3.61. The first-order chi connectivity index (χ1) is 13.0. The largest absolute Gasteiger partial charge is 0.492 e. The van der Waals surface area contributed by atoms with E-state index in [9.17, 15) is 9.59 Å². The molecule has 27 heavy (non-hydrogen) atoms. The summed E-state index contributed by atoms with van der Waals surface area (Å²) >= 11 is 3.37. The Bertz CT molecular complexity index is 846. The quantitative estimate of drug-likeness (QED) is 0.526. The molecule has 0 saturated carbocycles. The molecule has 146 valence electrons. The third-order valence-electron chi connectivity index (χ3n) is 4.71. The highest BCUT2D eigenvalue weighted by atomic mass is 79.9. The number of piperidine rings is 1. The number of carbonyl (C=O) groups is 1. The maximum Gasteiger partial charge on any atom is 0.404 e. The summed E-state index contributed by atoms with van der Waals surface area (Å²) < 4.78 is 16.8. The molecule has 2 heterocycles. The first kappa shape index (κ1) is 19.7. The van der Waals surface area contributed by atoms with Crippen LogP contribution in [0.1, 0.15) is 19.3 Å². The van der Waals surface area contributed by atoms with Gasteiger partial charge in [0.15, 0.2) is 0 Å². The summed E-state index contributed by atoms with van der Waals surface area (Å²) in [4.78, 5) is 24.8. The zero-order valence-corrected chi connectivity index (χ0v) is 16.6. The first-order valence-corrected chi connectivity index (χ1v) is 9.81. The SMILES string of the molecule is NC(=O)OCC1CCN(CCCOc2cc(=O)oc3cc(Br)ccc23)CC1. The number of benzene rings is 1. The number of likely N-dealkylation sites (tertiary alicyclic amines) is 1. The first-order valence-electron chi connectivity index (χ1n) is 9.02. The van der Waals surface area contributed by atoms with Crippen LogP contribution in [0, 0.1) is 5.92 Å². The lowest BCUT2D eigenvalue weighted by Crippen LogP contribution is -2.36. The van der Waals surface area contributed by atoms with Crippen LogP contribution >= 0.6 is 15.9 Å². The second kappa shape index (κ2) is 9.23. The molecule has 1 aromatic heterocycles. The average molecular weight is 439 g/mol. The molecule has 1 aliphatic rings. The topological polar surface area (TPSA) is 95.0 Å². The Balaban J connectivity index is 1.44. The molecule has 0 radical (unpaired) electrons. The van der Waals surface area contributed by atoms with E-state index < -0.39 is 11.7 Å². The van der Waals surface area contributed by atoms with Crippen LogP contribution in [0.15, 0.2) is 37.9 Å². The molecule has 8 heteroatoms. The van der Waals surface area contributed by atoms with Crippen molar-refractivity contribution in [3.05, 3.63) is 39.2 Å². The highest BCUT2D eigenvalue weighted by molar-refractivity contribution is 9.10. The summed E-state index contributed by atoms with van der Waals surface area (Å²) in [5.41, 5.74) is 5.09. The van der Waals surface area contributed by atoms with E-state index in [1.54, 1.807) is 6.07 Å². The van der Waals surface area contributed by atoms with Crippen molar-refractivity contribution in [3.8, 4) is 5.75 Å². The van der Waals surface area contributed by atoms with Gasteiger partial charge in [-0.2, -0.15) is 0 Å². The molecule has 1 aromatic carbocycles. The van der Waals surface area contributed by atoms with Gasteiger partial charge in [-0.25, -0.2) is 9.59 Å². The number of nitrogens with zero attached hydrogens (tertiary/aromatic N) is 1. The maximum atomic E-state index is 11.7. The minimum absolute atomic E-state index is 0.388. The summed E-state index contributed by atoms with van der Waals surface area (Å²) in [5.74, 6) is 0.940. The van der Waals surface area contributed by atoms with Gasteiger partial charge in [-0.1, -0.05) is 15.9 Å². The summed E-state index contributed by atoms with van der Waals surface area (Å²) in [7, 11) is 0. The highest BCUT2D eigenvalue weighted by Crippen LogP contribution is 2.26. The minimum Gasteiger partial charge on any atom is -0.492 e. The Hall–Kier alpha value is -2.06. The van der Waals surface area contributed by atoms with Crippen molar-refractivity contribution in [2.75, 3.05) is 32.8 Å². The van der Waals surface area contributed by atoms with E-state index in [0.29, 0.717) is 30.5 Å². The number of ether oxygens (including phenoxy) is 2. The number of nitrogens with two attached hydrogens (primary N) is 1. The van der Waals surface area contributed by atoms with Crippen LogP contribution in [0.2, 0.25) is 0 Å². The van der Waals surface area contributed by atoms with Gasteiger partial charge < -0.3 is 24.5 Å². The molecular formula is C19H23BrN2O5. The number of halogens is 1. The maximum absolute atomic E-state index is 11.7. The summed E-state index contributed by atoms with van der Waals surface area (Å²) in [6.07, 6.45) is 2.14. The zero-order chi connectivity index (χ0) is 19.2. The van der Waals surface area contributed by atoms with Gasteiger partial charge in [-0.05, 0) is 56.5 Å². The highest BCUT2D eigenvalue weighted by Gasteiger charge is 2.19. The number of hydrogen-bond donors (Lipinski definition) is 1.